The van der Waals surface area contributed by atoms with Gasteiger partial charge < -0.3 is 9.64 Å². The minimum Gasteiger partial charge on any atom is -0.496 e. The van der Waals surface area contributed by atoms with E-state index in [4.69, 9.17) is 16.3 Å². The molecule has 3 aromatic carbocycles. The maximum atomic E-state index is 13.2. The lowest BCUT2D eigenvalue weighted by molar-refractivity contribution is 0.0642. The molecule has 3 aromatic rings. The van der Waals surface area contributed by atoms with E-state index in [0.717, 1.165) is 5.56 Å². The minimum absolute atomic E-state index is 0.0641. The number of hydrogen-bond donors (Lipinski definition) is 0. The maximum Gasteiger partial charge on any atom is 0.261 e. The molecule has 4 rings (SSSR count). The van der Waals surface area contributed by atoms with Gasteiger partial charge in [0.05, 0.1) is 30.3 Å². The molecule has 162 valence electrons. The van der Waals surface area contributed by atoms with Gasteiger partial charge >= 0.3 is 0 Å². The number of methoxy groups -OCH3 is 1. The van der Waals surface area contributed by atoms with Crippen molar-refractivity contribution >= 4 is 29.3 Å². The number of carbonyl (C=O) groups excluding carboxylic acids is 3. The molecule has 0 unspecified atom stereocenters. The van der Waals surface area contributed by atoms with Crippen LogP contribution in [-0.4, -0.2) is 41.7 Å². The number of ether oxygens (including phenoxy) is 1. The van der Waals surface area contributed by atoms with E-state index in [0.29, 0.717) is 39.6 Å². The summed E-state index contributed by atoms with van der Waals surface area (Å²) in [4.78, 5) is 41.3. The number of imide groups is 1. The number of halogens is 1. The van der Waals surface area contributed by atoms with Gasteiger partial charge in [-0.05, 0) is 47.5 Å². The number of hydrogen-bond acceptors (Lipinski definition) is 4. The molecule has 0 saturated carbocycles. The van der Waals surface area contributed by atoms with Crippen LogP contribution in [0.25, 0.3) is 0 Å². The molecule has 7 heteroatoms. The SMILES string of the molecule is COc1ccc(CN2C(=O)c3ccccc3C2=O)cc1C(=O)N(C)Cc1cccc(Cl)c1. The lowest BCUT2D eigenvalue weighted by Gasteiger charge is -2.20. The molecule has 0 radical (unpaired) electrons. The normalized spacial score (nSPS) is 12.7. The highest BCUT2D eigenvalue weighted by Crippen LogP contribution is 2.27. The molecule has 0 N–H and O–H groups in total. The third kappa shape index (κ3) is 4.09. The Bertz CT molecular complexity index is 1190. The van der Waals surface area contributed by atoms with E-state index >= 15 is 0 Å². The van der Waals surface area contributed by atoms with Crippen molar-refractivity contribution in [2.45, 2.75) is 13.1 Å². The molecule has 0 fully saturated rings. The van der Waals surface area contributed by atoms with Crippen molar-refractivity contribution in [1.82, 2.24) is 9.80 Å². The van der Waals surface area contributed by atoms with Crippen molar-refractivity contribution in [2.75, 3.05) is 14.2 Å². The van der Waals surface area contributed by atoms with E-state index in [2.05, 4.69) is 0 Å². The molecular weight excluding hydrogens is 428 g/mol. The summed E-state index contributed by atoms with van der Waals surface area (Å²) in [6, 6.07) is 19.1. The zero-order chi connectivity index (χ0) is 22.8. The summed E-state index contributed by atoms with van der Waals surface area (Å²) in [6.45, 7) is 0.430. The van der Waals surface area contributed by atoms with E-state index in [-0.39, 0.29) is 24.3 Å². The van der Waals surface area contributed by atoms with Crippen LogP contribution in [0.2, 0.25) is 5.02 Å². The van der Waals surface area contributed by atoms with Gasteiger partial charge in [-0.2, -0.15) is 0 Å². The smallest absolute Gasteiger partial charge is 0.261 e. The highest BCUT2D eigenvalue weighted by Gasteiger charge is 2.35. The third-order valence-corrected chi connectivity index (χ3v) is 5.60. The van der Waals surface area contributed by atoms with Crippen LogP contribution in [0.5, 0.6) is 5.75 Å². The van der Waals surface area contributed by atoms with Gasteiger partial charge in [0.25, 0.3) is 17.7 Å². The van der Waals surface area contributed by atoms with Gasteiger partial charge in [0.15, 0.2) is 0 Å². The summed E-state index contributed by atoms with van der Waals surface area (Å²) < 4.78 is 5.39. The Labute approximate surface area is 191 Å². The third-order valence-electron chi connectivity index (χ3n) is 5.37. The molecule has 1 heterocycles. The minimum atomic E-state index is -0.340. The van der Waals surface area contributed by atoms with Gasteiger partial charge in [-0.1, -0.05) is 41.9 Å². The number of amides is 3. The monoisotopic (exact) mass is 448 g/mol. The second-order valence-electron chi connectivity index (χ2n) is 7.57. The van der Waals surface area contributed by atoms with Gasteiger partial charge in [-0.3, -0.25) is 19.3 Å². The second-order valence-corrected chi connectivity index (χ2v) is 8.00. The fourth-order valence-electron chi connectivity index (χ4n) is 3.77. The Hall–Kier alpha value is -3.64. The molecule has 1 aliphatic rings. The van der Waals surface area contributed by atoms with Crippen molar-refractivity contribution in [1.29, 1.82) is 0 Å². The van der Waals surface area contributed by atoms with Gasteiger partial charge in [0.2, 0.25) is 0 Å². The molecule has 0 saturated heterocycles. The maximum absolute atomic E-state index is 13.2. The highest BCUT2D eigenvalue weighted by atomic mass is 35.5. The summed E-state index contributed by atoms with van der Waals surface area (Å²) in [7, 11) is 3.19. The Morgan fingerprint density at radius 2 is 1.62 bits per heavy atom. The molecule has 0 aromatic heterocycles. The van der Waals surface area contributed by atoms with Crippen LogP contribution in [0.3, 0.4) is 0 Å². The van der Waals surface area contributed by atoms with E-state index in [1.54, 1.807) is 66.5 Å². The van der Waals surface area contributed by atoms with Crippen LogP contribution in [0.1, 0.15) is 42.2 Å². The van der Waals surface area contributed by atoms with Gasteiger partial charge in [-0.15, -0.1) is 0 Å². The molecule has 3 amide bonds. The Balaban J connectivity index is 1.57. The van der Waals surface area contributed by atoms with Crippen molar-refractivity contribution < 1.29 is 19.1 Å². The molecule has 6 nitrogen and oxygen atoms in total. The van der Waals surface area contributed by atoms with Crippen LogP contribution in [0.4, 0.5) is 0 Å². The predicted octanol–water partition coefficient (Wildman–Crippen LogP) is 4.42. The van der Waals surface area contributed by atoms with Gasteiger partial charge in [0, 0.05) is 18.6 Å². The fraction of sp³-hybridized carbons (Fsp3) is 0.160. The highest BCUT2D eigenvalue weighted by molar-refractivity contribution is 6.30. The summed E-state index contributed by atoms with van der Waals surface area (Å²) in [6.07, 6.45) is 0. The lowest BCUT2D eigenvalue weighted by atomic mass is 10.1. The van der Waals surface area contributed by atoms with Crippen LogP contribution in [-0.2, 0) is 13.1 Å². The van der Waals surface area contributed by atoms with Crippen LogP contribution < -0.4 is 4.74 Å². The van der Waals surface area contributed by atoms with Crippen LogP contribution in [0.15, 0.2) is 66.7 Å². The first kappa shape index (κ1) is 21.6. The summed E-state index contributed by atoms with van der Waals surface area (Å²) in [5.41, 5.74) is 2.69. The Morgan fingerprint density at radius 1 is 0.938 bits per heavy atom. The van der Waals surface area contributed by atoms with Crippen molar-refractivity contribution in [2.24, 2.45) is 0 Å². The summed E-state index contributed by atoms with van der Waals surface area (Å²) in [5, 5.41) is 0.601. The predicted molar refractivity (Wildman–Crippen MR) is 121 cm³/mol. The van der Waals surface area contributed by atoms with Gasteiger partial charge in [-0.25, -0.2) is 0 Å². The van der Waals surface area contributed by atoms with E-state index in [1.807, 2.05) is 12.1 Å². The first-order chi connectivity index (χ1) is 15.4. The molecule has 1 aliphatic heterocycles. The average Bonchev–Trinajstić information content (AvgIpc) is 3.03. The molecule has 0 spiro atoms. The first-order valence-corrected chi connectivity index (χ1v) is 10.4. The Kier molecular flexibility index (Phi) is 5.97. The second kappa shape index (κ2) is 8.85. The van der Waals surface area contributed by atoms with Crippen molar-refractivity contribution in [3.8, 4) is 5.75 Å². The van der Waals surface area contributed by atoms with E-state index in [1.165, 1.54) is 12.0 Å². The van der Waals surface area contributed by atoms with Gasteiger partial charge in [0.1, 0.15) is 5.75 Å². The largest absolute Gasteiger partial charge is 0.496 e. The standard InChI is InChI=1S/C25H21ClN2O4/c1-27(14-16-6-5-7-18(26)12-16)23(29)21-13-17(10-11-22(21)32-2)15-28-24(30)19-8-3-4-9-20(19)25(28)31/h3-13H,14-15H2,1-2H3. The van der Waals surface area contributed by atoms with Crippen molar-refractivity contribution in [3.05, 3.63) is 99.6 Å². The summed E-state index contributed by atoms with van der Waals surface area (Å²) in [5.74, 6) is -0.509. The van der Waals surface area contributed by atoms with Crippen LogP contribution in [0, 0.1) is 0 Å². The number of carbonyl (C=O) groups is 3. The van der Waals surface area contributed by atoms with E-state index in [9.17, 15) is 14.4 Å². The average molecular weight is 449 g/mol. The molecule has 0 bridgehead atoms. The number of fused-ring (bicyclic) bond motifs is 1. The number of rotatable bonds is 6. The molecule has 32 heavy (non-hydrogen) atoms. The quantitative estimate of drug-likeness (QED) is 0.524. The fourth-order valence-corrected chi connectivity index (χ4v) is 3.99. The molecule has 0 atom stereocenters. The molecule has 0 aliphatic carbocycles. The summed E-state index contributed by atoms with van der Waals surface area (Å²) >= 11 is 6.05. The zero-order valence-corrected chi connectivity index (χ0v) is 18.4. The van der Waals surface area contributed by atoms with E-state index < -0.39 is 0 Å². The van der Waals surface area contributed by atoms with Crippen LogP contribution >= 0.6 is 11.6 Å². The first-order valence-electron chi connectivity index (χ1n) is 10.0. The lowest BCUT2D eigenvalue weighted by Crippen LogP contribution is -2.30. The number of nitrogens with zero attached hydrogens (tertiary/aromatic N) is 2. The Morgan fingerprint density at radius 3 is 2.25 bits per heavy atom. The molecular formula is C25H21ClN2O4. The topological polar surface area (TPSA) is 66.9 Å². The van der Waals surface area contributed by atoms with Crippen molar-refractivity contribution in [3.63, 3.8) is 0 Å². The zero-order valence-electron chi connectivity index (χ0n) is 17.7. The number of benzene rings is 3.